The molecule has 10 heteroatoms. The third kappa shape index (κ3) is 5.27. The highest BCUT2D eigenvalue weighted by Gasteiger charge is 2.14. The average Bonchev–Trinajstić information content (AvgIpc) is 3.39. The molecule has 0 radical (unpaired) electrons. The first-order chi connectivity index (χ1) is 16.1. The van der Waals surface area contributed by atoms with Crippen molar-refractivity contribution in [3.8, 4) is 17.2 Å². The Hall–Kier alpha value is -3.98. The molecule has 0 saturated carbocycles. The van der Waals surface area contributed by atoms with Crippen molar-refractivity contribution in [2.24, 2.45) is 0 Å². The Kier molecular flexibility index (Phi) is 6.80. The van der Waals surface area contributed by atoms with Gasteiger partial charge in [0, 0.05) is 23.2 Å². The largest absolute Gasteiger partial charge is 0.495 e. The van der Waals surface area contributed by atoms with Gasteiger partial charge in [-0.2, -0.15) is 15.0 Å². The van der Waals surface area contributed by atoms with Crippen molar-refractivity contribution in [1.29, 1.82) is 0 Å². The van der Waals surface area contributed by atoms with Crippen molar-refractivity contribution in [3.63, 3.8) is 0 Å². The summed E-state index contributed by atoms with van der Waals surface area (Å²) in [6, 6.07) is 10.9. The second-order valence-corrected chi connectivity index (χ2v) is 7.33. The van der Waals surface area contributed by atoms with Crippen LogP contribution in [0.5, 0.6) is 11.5 Å². The first-order valence-electron chi connectivity index (χ1n) is 10.2. The summed E-state index contributed by atoms with van der Waals surface area (Å²) in [6.07, 6.45) is 6.74. The molecule has 0 fully saturated rings. The van der Waals surface area contributed by atoms with Crippen molar-refractivity contribution in [2.45, 2.75) is 20.0 Å². The Morgan fingerprint density at radius 1 is 1.09 bits per heavy atom. The Bertz CT molecular complexity index is 1230. The second-order valence-electron chi connectivity index (χ2n) is 6.95. The summed E-state index contributed by atoms with van der Waals surface area (Å²) in [5.74, 6) is 1.31. The van der Waals surface area contributed by atoms with Crippen LogP contribution >= 0.6 is 11.6 Å². The van der Waals surface area contributed by atoms with Crippen LogP contribution in [-0.4, -0.2) is 37.9 Å². The van der Waals surface area contributed by atoms with Gasteiger partial charge in [0.25, 0.3) is 0 Å². The lowest BCUT2D eigenvalue weighted by molar-refractivity contribution is 0.0987. The molecular formula is C23H21ClN6O3. The molecule has 2 aromatic heterocycles. The fourth-order valence-corrected chi connectivity index (χ4v) is 3.29. The number of nitrogens with one attached hydrogen (secondary N) is 1. The molecule has 0 atom stereocenters. The number of carbonyl (C=O) groups excluding carboxylic acids is 1. The van der Waals surface area contributed by atoms with E-state index in [0.717, 1.165) is 11.4 Å². The predicted molar refractivity (Wildman–Crippen MR) is 124 cm³/mol. The fraction of sp³-hybridized carbons (Fsp3) is 0.174. The highest BCUT2D eigenvalue weighted by molar-refractivity contribution is 6.33. The van der Waals surface area contributed by atoms with Crippen LogP contribution in [0.15, 0.2) is 61.2 Å². The quantitative estimate of drug-likeness (QED) is 0.357. The zero-order chi connectivity index (χ0) is 23.2. The van der Waals surface area contributed by atoms with Crippen molar-refractivity contribution in [1.82, 2.24) is 25.0 Å². The molecule has 0 amide bonds. The van der Waals surface area contributed by atoms with Gasteiger partial charge in [-0.15, -0.1) is 0 Å². The number of anilines is 2. The fourth-order valence-electron chi connectivity index (χ4n) is 3.05. The summed E-state index contributed by atoms with van der Waals surface area (Å²) in [5, 5.41) is 11.7. The molecule has 9 nitrogen and oxygen atoms in total. The summed E-state index contributed by atoms with van der Waals surface area (Å²) >= 11 is 6.39. The van der Waals surface area contributed by atoms with Crippen LogP contribution in [0.3, 0.4) is 0 Å². The number of halogens is 1. The molecule has 1 N–H and O–H groups in total. The van der Waals surface area contributed by atoms with Crippen molar-refractivity contribution >= 4 is 29.0 Å². The van der Waals surface area contributed by atoms with E-state index in [1.165, 1.54) is 11.9 Å². The van der Waals surface area contributed by atoms with Gasteiger partial charge in [-0.25, -0.2) is 9.97 Å². The molecule has 33 heavy (non-hydrogen) atoms. The first kappa shape index (κ1) is 22.2. The van der Waals surface area contributed by atoms with Gasteiger partial charge in [0.1, 0.15) is 12.4 Å². The van der Waals surface area contributed by atoms with Crippen molar-refractivity contribution < 1.29 is 14.3 Å². The van der Waals surface area contributed by atoms with Crippen LogP contribution in [0.2, 0.25) is 5.02 Å². The number of nitrogens with zero attached hydrogens (tertiary/aromatic N) is 5. The van der Waals surface area contributed by atoms with Crippen LogP contribution in [0.1, 0.15) is 29.3 Å². The van der Waals surface area contributed by atoms with Crippen LogP contribution in [0.4, 0.5) is 11.6 Å². The highest BCUT2D eigenvalue weighted by atomic mass is 35.5. The van der Waals surface area contributed by atoms with Gasteiger partial charge >= 0.3 is 0 Å². The number of Topliss-reactive ketones (excluding diaryl/α,β-unsaturated/α-hetero) is 1. The van der Waals surface area contributed by atoms with Crippen LogP contribution in [0, 0.1) is 0 Å². The monoisotopic (exact) mass is 464 g/mol. The van der Waals surface area contributed by atoms with Gasteiger partial charge in [0.15, 0.2) is 11.5 Å². The second kappa shape index (κ2) is 10.1. The zero-order valence-corrected chi connectivity index (χ0v) is 18.8. The molecule has 0 saturated heterocycles. The number of methoxy groups -OCH3 is 1. The molecule has 0 spiro atoms. The average molecular weight is 465 g/mol. The van der Waals surface area contributed by atoms with E-state index in [-0.39, 0.29) is 12.4 Å². The first-order valence-corrected chi connectivity index (χ1v) is 10.5. The van der Waals surface area contributed by atoms with Gasteiger partial charge in [-0.3, -0.25) is 4.79 Å². The van der Waals surface area contributed by atoms with Gasteiger partial charge in [-0.05, 0) is 36.4 Å². The smallest absolute Gasteiger partial charge is 0.227 e. The van der Waals surface area contributed by atoms with Gasteiger partial charge < -0.3 is 14.8 Å². The third-order valence-corrected chi connectivity index (χ3v) is 5.20. The molecule has 2 heterocycles. The van der Waals surface area contributed by atoms with E-state index < -0.39 is 0 Å². The van der Waals surface area contributed by atoms with E-state index in [2.05, 4.69) is 25.5 Å². The summed E-state index contributed by atoms with van der Waals surface area (Å²) in [7, 11) is 1.51. The van der Waals surface area contributed by atoms with Gasteiger partial charge in [0.2, 0.25) is 5.95 Å². The highest BCUT2D eigenvalue weighted by Crippen LogP contribution is 2.31. The molecule has 0 bridgehead atoms. The third-order valence-electron chi connectivity index (χ3n) is 4.77. The lowest BCUT2D eigenvalue weighted by Crippen LogP contribution is -2.04. The summed E-state index contributed by atoms with van der Waals surface area (Å²) < 4.78 is 11.1. The molecule has 0 unspecified atom stereocenters. The maximum absolute atomic E-state index is 12.1. The van der Waals surface area contributed by atoms with Crippen LogP contribution in [-0.2, 0) is 6.61 Å². The molecule has 4 rings (SSSR count). The van der Waals surface area contributed by atoms with Crippen molar-refractivity contribution in [2.75, 3.05) is 12.4 Å². The molecular weight excluding hydrogens is 444 g/mol. The molecule has 4 aromatic rings. The van der Waals surface area contributed by atoms with Gasteiger partial charge in [0.05, 0.1) is 42.6 Å². The van der Waals surface area contributed by atoms with Crippen LogP contribution < -0.4 is 14.8 Å². The molecule has 0 aliphatic heterocycles. The lowest BCUT2D eigenvalue weighted by atomic mass is 10.1. The number of ether oxygens (including phenoxy) is 2. The standard InChI is InChI=1S/C23H21ClN6O3/c1-3-20(31)15-10-16(22(24)21(11-15)32-2)14-33-19-12-25-23(26-13-19)29-17-4-6-18(7-5-17)30-27-8-9-28-30/h4-13H,3,14H2,1-2H3,(H,25,26,29). The number of aromatic nitrogens is 5. The summed E-state index contributed by atoms with van der Waals surface area (Å²) in [4.78, 5) is 22.2. The molecule has 2 aromatic carbocycles. The minimum Gasteiger partial charge on any atom is -0.495 e. The van der Waals surface area contributed by atoms with E-state index >= 15 is 0 Å². The number of carbonyl (C=O) groups is 1. The Morgan fingerprint density at radius 3 is 2.42 bits per heavy atom. The molecule has 0 aliphatic rings. The summed E-state index contributed by atoms with van der Waals surface area (Å²) in [6.45, 7) is 1.94. The summed E-state index contributed by atoms with van der Waals surface area (Å²) in [5.41, 5.74) is 2.83. The van der Waals surface area contributed by atoms with Crippen LogP contribution in [0.25, 0.3) is 5.69 Å². The maximum Gasteiger partial charge on any atom is 0.227 e. The predicted octanol–water partition coefficient (Wildman–Crippen LogP) is 4.63. The topological polar surface area (TPSA) is 104 Å². The zero-order valence-electron chi connectivity index (χ0n) is 18.0. The Balaban J connectivity index is 1.40. The van der Waals surface area contributed by atoms with E-state index in [1.54, 1.807) is 43.8 Å². The number of hydrogen-bond donors (Lipinski definition) is 1. The van der Waals surface area contributed by atoms with E-state index in [9.17, 15) is 4.79 Å². The van der Waals surface area contributed by atoms with E-state index in [0.29, 0.717) is 40.0 Å². The van der Waals surface area contributed by atoms with E-state index in [4.69, 9.17) is 21.1 Å². The molecule has 0 aliphatic carbocycles. The van der Waals surface area contributed by atoms with Crippen molar-refractivity contribution in [3.05, 3.63) is 77.3 Å². The number of hydrogen-bond acceptors (Lipinski definition) is 8. The van der Waals surface area contributed by atoms with E-state index in [1.807, 2.05) is 24.3 Å². The number of ketones is 1. The maximum atomic E-state index is 12.1. The number of benzene rings is 2. The minimum absolute atomic E-state index is 0.00102. The minimum atomic E-state index is -0.00102. The Labute approximate surface area is 195 Å². The lowest BCUT2D eigenvalue weighted by Gasteiger charge is -2.13. The SMILES string of the molecule is CCC(=O)c1cc(COc2cnc(Nc3ccc(-n4nccn4)cc3)nc2)c(Cl)c(OC)c1. The Morgan fingerprint density at radius 2 is 1.79 bits per heavy atom. The number of rotatable bonds is 9. The van der Waals surface area contributed by atoms with Gasteiger partial charge in [-0.1, -0.05) is 18.5 Å². The normalized spacial score (nSPS) is 10.6. The molecule has 168 valence electrons.